The summed E-state index contributed by atoms with van der Waals surface area (Å²) in [7, 11) is 1.68. The standard InChI is InChI=1S/C15H22N4O/c1-15(2,3)19-12(10-16)17-18-14(19)13(20-4)11-8-6-5-7-9-11/h5-9,13H,10,16H2,1-4H3. The van der Waals surface area contributed by atoms with Crippen molar-refractivity contribution in [1.29, 1.82) is 0 Å². The van der Waals surface area contributed by atoms with Gasteiger partial charge in [0.25, 0.3) is 0 Å². The highest BCUT2D eigenvalue weighted by atomic mass is 16.5. The molecule has 108 valence electrons. The molecular weight excluding hydrogens is 252 g/mol. The Kier molecular flexibility index (Phi) is 4.20. The second-order valence-corrected chi connectivity index (χ2v) is 5.71. The van der Waals surface area contributed by atoms with Gasteiger partial charge in [0.15, 0.2) is 5.82 Å². The van der Waals surface area contributed by atoms with Gasteiger partial charge in [0.05, 0.1) is 6.54 Å². The van der Waals surface area contributed by atoms with Gasteiger partial charge in [-0.25, -0.2) is 0 Å². The molecule has 2 rings (SSSR count). The Bertz CT molecular complexity index is 557. The Morgan fingerprint density at radius 1 is 1.20 bits per heavy atom. The average Bonchev–Trinajstić information content (AvgIpc) is 2.85. The summed E-state index contributed by atoms with van der Waals surface area (Å²) in [5, 5.41) is 8.51. The lowest BCUT2D eigenvalue weighted by Crippen LogP contribution is -2.29. The Morgan fingerprint density at radius 3 is 2.35 bits per heavy atom. The third-order valence-corrected chi connectivity index (χ3v) is 3.18. The van der Waals surface area contributed by atoms with Crippen LogP contribution in [0.5, 0.6) is 0 Å². The third-order valence-electron chi connectivity index (χ3n) is 3.18. The van der Waals surface area contributed by atoms with Crippen molar-refractivity contribution in [2.24, 2.45) is 5.73 Å². The van der Waals surface area contributed by atoms with E-state index in [1.807, 2.05) is 30.3 Å². The zero-order valence-electron chi connectivity index (χ0n) is 12.5. The molecule has 1 aromatic heterocycles. The summed E-state index contributed by atoms with van der Waals surface area (Å²) in [6.45, 7) is 6.68. The minimum absolute atomic E-state index is 0.154. The molecule has 0 saturated heterocycles. The van der Waals surface area contributed by atoms with Gasteiger partial charge < -0.3 is 15.0 Å². The highest BCUT2D eigenvalue weighted by molar-refractivity contribution is 5.24. The first-order valence-electron chi connectivity index (χ1n) is 6.71. The maximum atomic E-state index is 5.78. The van der Waals surface area contributed by atoms with Crippen LogP contribution in [-0.2, 0) is 16.8 Å². The molecule has 1 unspecified atom stereocenters. The molecule has 0 spiro atoms. The summed E-state index contributed by atoms with van der Waals surface area (Å²) in [5.41, 5.74) is 6.68. The van der Waals surface area contributed by atoms with E-state index in [-0.39, 0.29) is 11.6 Å². The molecular formula is C15H22N4O. The van der Waals surface area contributed by atoms with Gasteiger partial charge in [-0.05, 0) is 26.3 Å². The number of hydrogen-bond donors (Lipinski definition) is 1. The van der Waals surface area contributed by atoms with Gasteiger partial charge >= 0.3 is 0 Å². The summed E-state index contributed by atoms with van der Waals surface area (Å²) < 4.78 is 7.72. The number of benzene rings is 1. The lowest BCUT2D eigenvalue weighted by molar-refractivity contribution is 0.120. The lowest BCUT2D eigenvalue weighted by atomic mass is 10.0. The van der Waals surface area contributed by atoms with Crippen LogP contribution in [0.15, 0.2) is 30.3 Å². The Labute approximate surface area is 119 Å². The van der Waals surface area contributed by atoms with Crippen molar-refractivity contribution < 1.29 is 4.74 Å². The van der Waals surface area contributed by atoms with Crippen LogP contribution in [0.4, 0.5) is 0 Å². The van der Waals surface area contributed by atoms with Crippen LogP contribution in [-0.4, -0.2) is 21.9 Å². The fourth-order valence-electron chi connectivity index (χ4n) is 2.38. The number of nitrogens with zero attached hydrogens (tertiary/aromatic N) is 3. The molecule has 1 atom stereocenters. The third kappa shape index (κ3) is 2.73. The molecule has 0 aliphatic heterocycles. The maximum absolute atomic E-state index is 5.78. The Morgan fingerprint density at radius 2 is 1.85 bits per heavy atom. The van der Waals surface area contributed by atoms with Gasteiger partial charge in [0, 0.05) is 12.6 Å². The number of rotatable bonds is 4. The minimum Gasteiger partial charge on any atom is -0.369 e. The number of aromatic nitrogens is 3. The molecule has 0 saturated carbocycles. The van der Waals surface area contributed by atoms with Crippen LogP contribution in [0.2, 0.25) is 0 Å². The molecule has 1 aromatic carbocycles. The SMILES string of the molecule is COC(c1ccccc1)c1nnc(CN)n1C(C)(C)C. The molecule has 0 aliphatic rings. The second-order valence-electron chi connectivity index (χ2n) is 5.71. The minimum atomic E-state index is -0.247. The highest BCUT2D eigenvalue weighted by Crippen LogP contribution is 2.28. The van der Waals surface area contributed by atoms with Gasteiger partial charge in [0.1, 0.15) is 11.9 Å². The molecule has 0 aliphatic carbocycles. The van der Waals surface area contributed by atoms with E-state index in [9.17, 15) is 0 Å². The quantitative estimate of drug-likeness (QED) is 0.928. The van der Waals surface area contributed by atoms with Crippen molar-refractivity contribution >= 4 is 0 Å². The van der Waals surface area contributed by atoms with Gasteiger partial charge in [-0.3, -0.25) is 0 Å². The number of nitrogens with two attached hydrogens (primary N) is 1. The van der Waals surface area contributed by atoms with Gasteiger partial charge in [-0.1, -0.05) is 30.3 Å². The van der Waals surface area contributed by atoms with E-state index in [0.717, 1.165) is 17.2 Å². The van der Waals surface area contributed by atoms with E-state index in [0.29, 0.717) is 6.54 Å². The van der Waals surface area contributed by atoms with Crippen molar-refractivity contribution in [2.75, 3.05) is 7.11 Å². The molecule has 5 nitrogen and oxygen atoms in total. The van der Waals surface area contributed by atoms with Gasteiger partial charge in [-0.2, -0.15) is 0 Å². The largest absolute Gasteiger partial charge is 0.369 e. The molecule has 5 heteroatoms. The molecule has 2 aromatic rings. The Hall–Kier alpha value is -1.72. The summed E-state index contributed by atoms with van der Waals surface area (Å²) in [5.74, 6) is 1.55. The van der Waals surface area contributed by atoms with E-state index >= 15 is 0 Å². The van der Waals surface area contributed by atoms with Crippen molar-refractivity contribution in [1.82, 2.24) is 14.8 Å². The van der Waals surface area contributed by atoms with Crippen molar-refractivity contribution in [2.45, 2.75) is 39.0 Å². The smallest absolute Gasteiger partial charge is 0.167 e. The Balaban J connectivity index is 2.54. The van der Waals surface area contributed by atoms with E-state index in [2.05, 4.69) is 35.5 Å². The van der Waals surface area contributed by atoms with E-state index < -0.39 is 0 Å². The maximum Gasteiger partial charge on any atom is 0.167 e. The fraction of sp³-hybridized carbons (Fsp3) is 0.467. The normalized spacial score (nSPS) is 13.4. The van der Waals surface area contributed by atoms with Crippen LogP contribution in [0.3, 0.4) is 0 Å². The first-order chi connectivity index (χ1) is 9.49. The molecule has 0 fully saturated rings. The van der Waals surface area contributed by atoms with Gasteiger partial charge in [0.2, 0.25) is 0 Å². The van der Waals surface area contributed by atoms with E-state index in [4.69, 9.17) is 10.5 Å². The summed E-state index contributed by atoms with van der Waals surface area (Å²) in [4.78, 5) is 0. The summed E-state index contributed by atoms with van der Waals surface area (Å²) in [6, 6.07) is 10.0. The monoisotopic (exact) mass is 274 g/mol. The molecule has 2 N–H and O–H groups in total. The summed E-state index contributed by atoms with van der Waals surface area (Å²) in [6.07, 6.45) is -0.247. The molecule has 1 heterocycles. The molecule has 20 heavy (non-hydrogen) atoms. The predicted octanol–water partition coefficient (Wildman–Crippen LogP) is 2.23. The first kappa shape index (κ1) is 14.7. The van der Waals surface area contributed by atoms with Crippen molar-refractivity contribution in [3.63, 3.8) is 0 Å². The van der Waals surface area contributed by atoms with E-state index in [1.54, 1.807) is 7.11 Å². The topological polar surface area (TPSA) is 66.0 Å². The number of hydrogen-bond acceptors (Lipinski definition) is 4. The number of methoxy groups -OCH3 is 1. The van der Waals surface area contributed by atoms with Crippen molar-refractivity contribution in [3.8, 4) is 0 Å². The summed E-state index contributed by atoms with van der Waals surface area (Å²) >= 11 is 0. The van der Waals surface area contributed by atoms with Crippen LogP contribution in [0.1, 0.15) is 44.1 Å². The van der Waals surface area contributed by atoms with Crippen LogP contribution in [0.25, 0.3) is 0 Å². The molecule has 0 bridgehead atoms. The van der Waals surface area contributed by atoms with Gasteiger partial charge in [-0.15, -0.1) is 10.2 Å². The zero-order valence-corrected chi connectivity index (χ0v) is 12.5. The molecule has 0 amide bonds. The van der Waals surface area contributed by atoms with Crippen molar-refractivity contribution in [3.05, 3.63) is 47.5 Å². The first-order valence-corrected chi connectivity index (χ1v) is 6.71. The van der Waals surface area contributed by atoms with E-state index in [1.165, 1.54) is 0 Å². The highest BCUT2D eigenvalue weighted by Gasteiger charge is 2.28. The lowest BCUT2D eigenvalue weighted by Gasteiger charge is -2.27. The van der Waals surface area contributed by atoms with Crippen LogP contribution in [0, 0.1) is 0 Å². The molecule has 0 radical (unpaired) electrons. The second kappa shape index (κ2) is 5.73. The number of ether oxygens (including phenoxy) is 1. The fourth-order valence-corrected chi connectivity index (χ4v) is 2.38. The van der Waals surface area contributed by atoms with Crippen LogP contribution < -0.4 is 5.73 Å². The average molecular weight is 274 g/mol. The predicted molar refractivity (Wildman–Crippen MR) is 78.2 cm³/mol. The zero-order chi connectivity index (χ0) is 14.8. The van der Waals surface area contributed by atoms with Crippen LogP contribution >= 0.6 is 0 Å².